The fourth-order valence-corrected chi connectivity index (χ4v) is 6.65. The lowest BCUT2D eigenvalue weighted by molar-refractivity contribution is 0.671. The van der Waals surface area contributed by atoms with E-state index in [9.17, 15) is 0 Å². The van der Waals surface area contributed by atoms with Crippen LogP contribution in [0.4, 0.5) is 17.1 Å². The average molecular weight is 551 g/mol. The number of hydrogen-bond donors (Lipinski definition) is 0. The first kappa shape index (κ1) is 23.9. The van der Waals surface area contributed by atoms with Gasteiger partial charge in [0.1, 0.15) is 5.58 Å². The van der Waals surface area contributed by atoms with Crippen LogP contribution in [0.25, 0.3) is 60.2 Å². The zero-order valence-electron chi connectivity index (χ0n) is 23.3. The SMILES string of the molecule is c1ccc(N(c2ccccc2)c2cc3c4ccccc4oc3c3c2c2ccccc2n3-c2ccc3ccccc3c2)cc1. The molecule has 0 N–H and O–H groups in total. The third-order valence-corrected chi connectivity index (χ3v) is 8.52. The molecule has 0 radical (unpaired) electrons. The van der Waals surface area contributed by atoms with Crippen LogP contribution in [0.1, 0.15) is 0 Å². The highest BCUT2D eigenvalue weighted by molar-refractivity contribution is 6.27. The molecule has 0 saturated heterocycles. The highest BCUT2D eigenvalue weighted by Crippen LogP contribution is 2.48. The Balaban J connectivity index is 1.51. The van der Waals surface area contributed by atoms with Crippen LogP contribution >= 0.6 is 0 Å². The molecule has 0 bridgehead atoms. The molecule has 0 aliphatic rings. The highest BCUT2D eigenvalue weighted by atomic mass is 16.3. The predicted octanol–water partition coefficient (Wildman–Crippen LogP) is 11.3. The number of furan rings is 1. The molecule has 0 aliphatic carbocycles. The topological polar surface area (TPSA) is 21.3 Å². The number of hydrogen-bond acceptors (Lipinski definition) is 2. The van der Waals surface area contributed by atoms with E-state index in [1.54, 1.807) is 0 Å². The fraction of sp³-hybridized carbons (Fsp3) is 0. The summed E-state index contributed by atoms with van der Waals surface area (Å²) in [7, 11) is 0. The van der Waals surface area contributed by atoms with E-state index in [2.05, 4.69) is 161 Å². The van der Waals surface area contributed by atoms with E-state index >= 15 is 0 Å². The molecule has 202 valence electrons. The van der Waals surface area contributed by atoms with Gasteiger partial charge in [-0.25, -0.2) is 0 Å². The third-order valence-electron chi connectivity index (χ3n) is 8.52. The first-order valence-electron chi connectivity index (χ1n) is 14.6. The standard InChI is InChI=1S/C40H26N2O/c1-3-15-29(16-4-1)41(30-17-5-2-6-18-30)36-26-34-32-19-10-12-22-37(32)43-40(34)39-38(36)33-20-9-11-21-35(33)42(39)31-24-23-27-13-7-8-14-28(27)25-31/h1-26H. The lowest BCUT2D eigenvalue weighted by Gasteiger charge is -2.26. The maximum absolute atomic E-state index is 6.75. The van der Waals surface area contributed by atoms with Crippen LogP contribution in [0.15, 0.2) is 162 Å². The van der Waals surface area contributed by atoms with E-state index < -0.39 is 0 Å². The van der Waals surface area contributed by atoms with Crippen molar-refractivity contribution in [1.82, 2.24) is 4.57 Å². The molecular formula is C40H26N2O. The Kier molecular flexibility index (Phi) is 5.20. The summed E-state index contributed by atoms with van der Waals surface area (Å²) in [6, 6.07) is 55.9. The van der Waals surface area contributed by atoms with Gasteiger partial charge in [-0.05, 0) is 65.4 Å². The first-order chi connectivity index (χ1) is 21.3. The van der Waals surface area contributed by atoms with Crippen LogP contribution in [0.5, 0.6) is 0 Å². The number of benzene rings is 7. The van der Waals surface area contributed by atoms with Crippen LogP contribution in [0.2, 0.25) is 0 Å². The largest absolute Gasteiger partial charge is 0.454 e. The molecule has 2 heterocycles. The molecule has 0 amide bonds. The molecular weight excluding hydrogens is 524 g/mol. The van der Waals surface area contributed by atoms with Crippen molar-refractivity contribution in [1.29, 1.82) is 0 Å². The van der Waals surface area contributed by atoms with Gasteiger partial charge in [-0.3, -0.25) is 0 Å². The van der Waals surface area contributed by atoms with Gasteiger partial charge in [0.2, 0.25) is 0 Å². The summed E-state index contributed by atoms with van der Waals surface area (Å²) in [5, 5.41) is 6.97. The van der Waals surface area contributed by atoms with Crippen molar-refractivity contribution in [2.24, 2.45) is 0 Å². The summed E-state index contributed by atoms with van der Waals surface area (Å²) < 4.78 is 9.14. The molecule has 9 rings (SSSR count). The van der Waals surface area contributed by atoms with Gasteiger partial charge in [0.25, 0.3) is 0 Å². The van der Waals surface area contributed by atoms with Crippen molar-refractivity contribution in [2.75, 3.05) is 4.90 Å². The van der Waals surface area contributed by atoms with Crippen LogP contribution in [-0.2, 0) is 0 Å². The van der Waals surface area contributed by atoms with Crippen LogP contribution in [0.3, 0.4) is 0 Å². The summed E-state index contributed by atoms with van der Waals surface area (Å²) in [6.45, 7) is 0. The van der Waals surface area contributed by atoms with Gasteiger partial charge in [0.15, 0.2) is 5.58 Å². The van der Waals surface area contributed by atoms with E-state index in [-0.39, 0.29) is 0 Å². The second kappa shape index (κ2) is 9.37. The molecule has 0 fully saturated rings. The monoisotopic (exact) mass is 550 g/mol. The zero-order valence-corrected chi connectivity index (χ0v) is 23.3. The Morgan fingerprint density at radius 3 is 1.88 bits per heavy atom. The van der Waals surface area contributed by atoms with Crippen LogP contribution in [0, 0.1) is 0 Å². The normalized spacial score (nSPS) is 11.7. The van der Waals surface area contributed by atoms with Gasteiger partial charge in [-0.2, -0.15) is 0 Å². The van der Waals surface area contributed by atoms with Crippen LogP contribution < -0.4 is 4.90 Å². The predicted molar refractivity (Wildman–Crippen MR) is 180 cm³/mol. The molecule has 7 aromatic carbocycles. The van der Waals surface area contributed by atoms with Gasteiger partial charge in [0, 0.05) is 38.6 Å². The van der Waals surface area contributed by atoms with E-state index in [1.165, 1.54) is 16.2 Å². The summed E-state index contributed by atoms with van der Waals surface area (Å²) in [4.78, 5) is 2.38. The number of anilines is 3. The molecule has 0 spiro atoms. The Labute approximate surface area is 248 Å². The number of para-hydroxylation sites is 4. The average Bonchev–Trinajstić information content (AvgIpc) is 3.62. The molecule has 2 aromatic heterocycles. The molecule has 0 unspecified atom stereocenters. The van der Waals surface area contributed by atoms with Gasteiger partial charge >= 0.3 is 0 Å². The zero-order chi connectivity index (χ0) is 28.3. The summed E-state index contributed by atoms with van der Waals surface area (Å²) in [6.07, 6.45) is 0. The minimum absolute atomic E-state index is 0.886. The Morgan fingerprint density at radius 1 is 0.488 bits per heavy atom. The van der Waals surface area contributed by atoms with Crippen molar-refractivity contribution >= 4 is 71.6 Å². The minimum atomic E-state index is 0.886. The molecule has 0 atom stereocenters. The quantitative estimate of drug-likeness (QED) is 0.217. The van der Waals surface area contributed by atoms with Crippen molar-refractivity contribution in [3.8, 4) is 5.69 Å². The summed E-state index contributed by atoms with van der Waals surface area (Å²) in [5.74, 6) is 0. The van der Waals surface area contributed by atoms with Gasteiger partial charge in [-0.1, -0.05) is 103 Å². The van der Waals surface area contributed by atoms with Crippen molar-refractivity contribution in [3.63, 3.8) is 0 Å². The fourth-order valence-electron chi connectivity index (χ4n) is 6.65. The van der Waals surface area contributed by atoms with Crippen LogP contribution in [-0.4, -0.2) is 4.57 Å². The maximum atomic E-state index is 6.75. The second-order valence-corrected chi connectivity index (χ2v) is 11.0. The summed E-state index contributed by atoms with van der Waals surface area (Å²) in [5.41, 5.74) is 8.41. The third kappa shape index (κ3) is 3.62. The number of aromatic nitrogens is 1. The van der Waals surface area contributed by atoms with Crippen molar-refractivity contribution < 1.29 is 4.42 Å². The molecule has 3 heteroatoms. The lowest BCUT2D eigenvalue weighted by Crippen LogP contribution is -2.10. The van der Waals surface area contributed by atoms with Crippen molar-refractivity contribution in [3.05, 3.63) is 158 Å². The Bertz CT molecular complexity index is 2410. The highest BCUT2D eigenvalue weighted by Gasteiger charge is 2.25. The van der Waals surface area contributed by atoms with E-state index in [0.29, 0.717) is 0 Å². The molecule has 9 aromatic rings. The van der Waals surface area contributed by atoms with Gasteiger partial charge < -0.3 is 13.9 Å². The van der Waals surface area contributed by atoms with E-state index in [1.807, 2.05) is 6.07 Å². The number of rotatable bonds is 4. The van der Waals surface area contributed by atoms with E-state index in [4.69, 9.17) is 4.42 Å². The second-order valence-electron chi connectivity index (χ2n) is 11.0. The smallest absolute Gasteiger partial charge is 0.160 e. The van der Waals surface area contributed by atoms with Gasteiger partial charge in [0.05, 0.1) is 16.7 Å². The number of nitrogens with zero attached hydrogens (tertiary/aromatic N) is 2. The Hall–Kier alpha value is -5.80. The minimum Gasteiger partial charge on any atom is -0.454 e. The van der Waals surface area contributed by atoms with Crippen molar-refractivity contribution in [2.45, 2.75) is 0 Å². The molecule has 0 saturated carbocycles. The lowest BCUT2D eigenvalue weighted by atomic mass is 10.0. The first-order valence-corrected chi connectivity index (χ1v) is 14.6. The molecule has 43 heavy (non-hydrogen) atoms. The molecule has 3 nitrogen and oxygen atoms in total. The van der Waals surface area contributed by atoms with Gasteiger partial charge in [-0.15, -0.1) is 0 Å². The molecule has 0 aliphatic heterocycles. The maximum Gasteiger partial charge on any atom is 0.160 e. The number of fused-ring (bicyclic) bond motifs is 8. The summed E-state index contributed by atoms with van der Waals surface area (Å²) >= 11 is 0. The Morgan fingerprint density at radius 2 is 1.12 bits per heavy atom. The van der Waals surface area contributed by atoms with E-state index in [0.717, 1.165) is 61.1 Å².